The smallest absolute Gasteiger partial charge is 0.163 e. The van der Waals surface area contributed by atoms with Crippen molar-refractivity contribution in [2.75, 3.05) is 6.61 Å². The van der Waals surface area contributed by atoms with Gasteiger partial charge in [-0.15, -0.1) is 0 Å². The van der Waals surface area contributed by atoms with E-state index < -0.39 is 6.10 Å². The molecule has 4 aromatic rings. The lowest BCUT2D eigenvalue weighted by atomic mass is 9.89. The second kappa shape index (κ2) is 12.8. The van der Waals surface area contributed by atoms with Gasteiger partial charge in [0.15, 0.2) is 5.78 Å². The molecule has 2 atom stereocenters. The zero-order valence-electron chi connectivity index (χ0n) is 23.0. The molecule has 0 radical (unpaired) electrons. The Balaban J connectivity index is 1.47. The monoisotopic (exact) mass is 548 g/mol. The van der Waals surface area contributed by atoms with Crippen molar-refractivity contribution in [1.29, 1.82) is 0 Å². The van der Waals surface area contributed by atoms with E-state index in [4.69, 9.17) is 21.3 Å². The first kappa shape index (κ1) is 28.8. The minimum absolute atomic E-state index is 0.00557. The Kier molecular flexibility index (Phi) is 9.44. The first-order valence-corrected chi connectivity index (χ1v) is 13.9. The molecule has 206 valence electrons. The SMILES string of the molecule is CC(C)Oc1ccc(C(=O)C[C@H](CCO)Cc2ccc(-c3cn4cccc(C(O)C(C)C)c4n3)cc2)cc1Cl. The molecular formula is C32H37ClN2O4. The maximum absolute atomic E-state index is 13.0. The molecule has 2 N–H and O–H groups in total. The van der Waals surface area contributed by atoms with Gasteiger partial charge in [-0.3, -0.25) is 4.79 Å². The van der Waals surface area contributed by atoms with E-state index in [9.17, 15) is 15.0 Å². The van der Waals surface area contributed by atoms with E-state index in [0.29, 0.717) is 35.6 Å². The highest BCUT2D eigenvalue weighted by Gasteiger charge is 2.19. The first-order chi connectivity index (χ1) is 18.7. The number of rotatable bonds is 12. The van der Waals surface area contributed by atoms with Crippen molar-refractivity contribution in [2.24, 2.45) is 11.8 Å². The number of aromatic nitrogens is 2. The Labute approximate surface area is 235 Å². The highest BCUT2D eigenvalue weighted by atomic mass is 35.5. The third kappa shape index (κ3) is 7.07. The number of benzene rings is 2. The fourth-order valence-corrected chi connectivity index (χ4v) is 5.00. The molecule has 6 nitrogen and oxygen atoms in total. The van der Waals surface area contributed by atoms with Crippen molar-refractivity contribution in [1.82, 2.24) is 9.38 Å². The fourth-order valence-electron chi connectivity index (χ4n) is 4.77. The molecule has 0 saturated heterocycles. The van der Waals surface area contributed by atoms with Gasteiger partial charge in [0.25, 0.3) is 0 Å². The number of ketones is 1. The zero-order chi connectivity index (χ0) is 28.1. The summed E-state index contributed by atoms with van der Waals surface area (Å²) < 4.78 is 7.61. The van der Waals surface area contributed by atoms with E-state index in [1.54, 1.807) is 18.2 Å². The fraction of sp³-hybridized carbons (Fsp3) is 0.375. The summed E-state index contributed by atoms with van der Waals surface area (Å²) in [6.45, 7) is 7.84. The summed E-state index contributed by atoms with van der Waals surface area (Å²) in [6.07, 6.45) is 4.83. The second-order valence-corrected chi connectivity index (χ2v) is 11.1. The summed E-state index contributed by atoms with van der Waals surface area (Å²) in [5, 5.41) is 20.7. The number of aliphatic hydroxyl groups excluding tert-OH is 2. The van der Waals surface area contributed by atoms with E-state index in [1.807, 2.05) is 80.9 Å². The third-order valence-corrected chi connectivity index (χ3v) is 7.16. The number of carbonyl (C=O) groups excluding carboxylic acids is 1. The van der Waals surface area contributed by atoms with E-state index in [0.717, 1.165) is 28.0 Å². The summed E-state index contributed by atoms with van der Waals surface area (Å²) >= 11 is 6.34. The van der Waals surface area contributed by atoms with Crippen LogP contribution in [0.25, 0.3) is 16.9 Å². The standard InChI is InChI=1S/C32H37ClN2O4/c1-20(2)31(38)26-6-5-14-35-19-28(34-32(26)35)24-9-7-22(8-10-24)16-23(13-15-36)17-29(37)25-11-12-30(27(33)18-25)39-21(3)4/h5-12,14,18-21,23,31,36,38H,13,15-17H2,1-4H3/t23-,31?/m1/s1. The average molecular weight is 549 g/mol. The van der Waals surface area contributed by atoms with E-state index in [1.165, 1.54) is 0 Å². The number of Topliss-reactive ketones (excluding diaryl/α,β-unsaturated/α-hetero) is 1. The Morgan fingerprint density at radius 1 is 1.08 bits per heavy atom. The van der Waals surface area contributed by atoms with Crippen LogP contribution < -0.4 is 4.74 Å². The number of carbonyl (C=O) groups is 1. The molecule has 0 bridgehead atoms. The molecule has 0 saturated carbocycles. The molecule has 0 aliphatic heterocycles. The van der Waals surface area contributed by atoms with Gasteiger partial charge in [-0.25, -0.2) is 4.98 Å². The molecular weight excluding hydrogens is 512 g/mol. The van der Waals surface area contributed by atoms with Crippen LogP contribution in [0, 0.1) is 11.8 Å². The molecule has 4 rings (SSSR count). The van der Waals surface area contributed by atoms with Crippen LogP contribution in [0.3, 0.4) is 0 Å². The van der Waals surface area contributed by atoms with Crippen molar-refractivity contribution in [2.45, 2.75) is 59.2 Å². The molecule has 2 heterocycles. The number of hydrogen-bond donors (Lipinski definition) is 2. The summed E-state index contributed by atoms with van der Waals surface area (Å²) in [7, 11) is 0. The molecule has 0 aliphatic carbocycles. The largest absolute Gasteiger partial charge is 0.489 e. The topological polar surface area (TPSA) is 84.1 Å². The summed E-state index contributed by atoms with van der Waals surface area (Å²) in [6, 6.07) is 17.1. The number of pyridine rings is 1. The van der Waals surface area contributed by atoms with Crippen LogP contribution in [0.1, 0.15) is 68.1 Å². The van der Waals surface area contributed by atoms with Crippen LogP contribution in [0.15, 0.2) is 67.0 Å². The molecule has 2 aromatic carbocycles. The van der Waals surface area contributed by atoms with Gasteiger partial charge in [-0.2, -0.15) is 0 Å². The molecule has 39 heavy (non-hydrogen) atoms. The Morgan fingerprint density at radius 3 is 2.46 bits per heavy atom. The number of aliphatic hydroxyl groups is 2. The summed E-state index contributed by atoms with van der Waals surface area (Å²) in [5.41, 5.74) is 5.00. The molecule has 7 heteroatoms. The van der Waals surface area contributed by atoms with Crippen LogP contribution >= 0.6 is 11.6 Å². The van der Waals surface area contributed by atoms with E-state index >= 15 is 0 Å². The Morgan fingerprint density at radius 2 is 1.82 bits per heavy atom. The number of ether oxygens (including phenoxy) is 1. The Bertz CT molecular complexity index is 1410. The van der Waals surface area contributed by atoms with Gasteiger partial charge >= 0.3 is 0 Å². The van der Waals surface area contributed by atoms with Crippen LogP contribution in [0.2, 0.25) is 5.02 Å². The molecule has 0 fully saturated rings. The number of imidazole rings is 1. The minimum Gasteiger partial charge on any atom is -0.489 e. The normalized spacial score (nSPS) is 13.3. The highest BCUT2D eigenvalue weighted by molar-refractivity contribution is 6.32. The van der Waals surface area contributed by atoms with Gasteiger partial charge in [-0.1, -0.05) is 55.8 Å². The van der Waals surface area contributed by atoms with Gasteiger partial charge < -0.3 is 19.4 Å². The predicted molar refractivity (Wildman–Crippen MR) is 155 cm³/mol. The maximum Gasteiger partial charge on any atom is 0.163 e. The van der Waals surface area contributed by atoms with Crippen molar-refractivity contribution in [3.63, 3.8) is 0 Å². The van der Waals surface area contributed by atoms with Crippen molar-refractivity contribution < 1.29 is 19.7 Å². The highest BCUT2D eigenvalue weighted by Crippen LogP contribution is 2.30. The van der Waals surface area contributed by atoms with Crippen molar-refractivity contribution in [3.8, 4) is 17.0 Å². The van der Waals surface area contributed by atoms with Crippen molar-refractivity contribution in [3.05, 3.63) is 88.7 Å². The van der Waals surface area contributed by atoms with Crippen LogP contribution in [-0.2, 0) is 6.42 Å². The molecule has 0 aliphatic rings. The van der Waals surface area contributed by atoms with Gasteiger partial charge in [0.05, 0.1) is 22.9 Å². The van der Waals surface area contributed by atoms with Crippen molar-refractivity contribution >= 4 is 23.0 Å². The van der Waals surface area contributed by atoms with E-state index in [2.05, 4.69) is 0 Å². The maximum atomic E-state index is 13.0. The lowest BCUT2D eigenvalue weighted by Gasteiger charge is -2.16. The summed E-state index contributed by atoms with van der Waals surface area (Å²) in [4.78, 5) is 17.9. The predicted octanol–water partition coefficient (Wildman–Crippen LogP) is 6.95. The van der Waals surface area contributed by atoms with Crippen LogP contribution in [0.4, 0.5) is 0 Å². The molecule has 0 amide bonds. The van der Waals surface area contributed by atoms with Gasteiger partial charge in [0, 0.05) is 42.1 Å². The third-order valence-electron chi connectivity index (χ3n) is 6.87. The lowest BCUT2D eigenvalue weighted by Crippen LogP contribution is -2.13. The number of nitrogens with zero attached hydrogens (tertiary/aromatic N) is 2. The average Bonchev–Trinajstić information content (AvgIpc) is 3.34. The minimum atomic E-state index is -0.583. The molecule has 2 aromatic heterocycles. The first-order valence-electron chi connectivity index (χ1n) is 13.5. The lowest BCUT2D eigenvalue weighted by molar-refractivity contribution is 0.0953. The van der Waals surface area contributed by atoms with E-state index in [-0.39, 0.29) is 30.3 Å². The molecule has 1 unspecified atom stereocenters. The van der Waals surface area contributed by atoms with Crippen LogP contribution in [-0.4, -0.2) is 38.1 Å². The van der Waals surface area contributed by atoms with Gasteiger partial charge in [-0.05, 0) is 68.4 Å². The molecule has 0 spiro atoms. The van der Waals surface area contributed by atoms with Gasteiger partial charge in [0.2, 0.25) is 0 Å². The van der Waals surface area contributed by atoms with Crippen LogP contribution in [0.5, 0.6) is 5.75 Å². The Hall–Kier alpha value is -3.19. The number of halogens is 1. The van der Waals surface area contributed by atoms with Gasteiger partial charge in [0.1, 0.15) is 11.4 Å². The zero-order valence-corrected chi connectivity index (χ0v) is 23.7. The summed E-state index contributed by atoms with van der Waals surface area (Å²) in [5.74, 6) is 0.638. The number of fused-ring (bicyclic) bond motifs is 1. The number of hydrogen-bond acceptors (Lipinski definition) is 5. The second-order valence-electron chi connectivity index (χ2n) is 10.7. The quantitative estimate of drug-likeness (QED) is 0.187.